The highest BCUT2D eigenvalue weighted by Gasteiger charge is 2.50. The first-order valence-corrected chi connectivity index (χ1v) is 4.92. The van der Waals surface area contributed by atoms with Crippen LogP contribution >= 0.6 is 11.6 Å². The predicted octanol–water partition coefficient (Wildman–Crippen LogP) is 2.39. The summed E-state index contributed by atoms with van der Waals surface area (Å²) >= 11 is 5.32. The molecule has 1 aliphatic rings. The largest absolute Gasteiger partial charge is 0.300 e. The second-order valence-corrected chi connectivity index (χ2v) is 4.90. The predicted molar refractivity (Wildman–Crippen MR) is 51.5 cm³/mol. The van der Waals surface area contributed by atoms with Gasteiger partial charge in [0, 0.05) is 12.3 Å². The van der Waals surface area contributed by atoms with Gasteiger partial charge >= 0.3 is 0 Å². The standard InChI is InChI=1S/C10H15ClO2/c1-6(12)8-4-7(5-9(11)13)10(8,2)3/h7-8H,4-5H2,1-3H3/t7-,8+/m1/s1. The summed E-state index contributed by atoms with van der Waals surface area (Å²) in [5, 5.41) is -0.292. The average molecular weight is 203 g/mol. The van der Waals surface area contributed by atoms with E-state index in [9.17, 15) is 9.59 Å². The molecule has 0 amide bonds. The SMILES string of the molecule is CC(=O)[C@@H]1C[C@H](CC(=O)Cl)C1(C)C. The molecule has 0 aromatic carbocycles. The molecule has 0 radical (unpaired) electrons. The van der Waals surface area contributed by atoms with E-state index in [-0.39, 0.29) is 28.3 Å². The summed E-state index contributed by atoms with van der Waals surface area (Å²) in [6.07, 6.45) is 1.22. The van der Waals surface area contributed by atoms with Crippen LogP contribution in [0.3, 0.4) is 0 Å². The molecule has 0 aromatic heterocycles. The maximum absolute atomic E-state index is 11.2. The molecule has 1 saturated carbocycles. The number of rotatable bonds is 3. The Morgan fingerprint density at radius 3 is 2.31 bits per heavy atom. The van der Waals surface area contributed by atoms with Crippen LogP contribution in [0.25, 0.3) is 0 Å². The molecule has 3 heteroatoms. The van der Waals surface area contributed by atoms with Crippen molar-refractivity contribution in [2.45, 2.75) is 33.6 Å². The Morgan fingerprint density at radius 2 is 2.00 bits per heavy atom. The first kappa shape index (κ1) is 10.7. The van der Waals surface area contributed by atoms with Crippen LogP contribution in [0.15, 0.2) is 0 Å². The van der Waals surface area contributed by atoms with Gasteiger partial charge in [0.15, 0.2) is 0 Å². The zero-order valence-corrected chi connectivity index (χ0v) is 9.02. The number of hydrogen-bond donors (Lipinski definition) is 0. The highest BCUT2D eigenvalue weighted by atomic mass is 35.5. The van der Waals surface area contributed by atoms with Crippen LogP contribution in [0.2, 0.25) is 0 Å². The van der Waals surface area contributed by atoms with Crippen molar-refractivity contribution in [1.82, 2.24) is 0 Å². The molecule has 2 atom stereocenters. The van der Waals surface area contributed by atoms with Crippen molar-refractivity contribution in [3.05, 3.63) is 0 Å². The van der Waals surface area contributed by atoms with Gasteiger partial charge in [-0.2, -0.15) is 0 Å². The molecular formula is C10H15ClO2. The van der Waals surface area contributed by atoms with E-state index in [0.29, 0.717) is 6.42 Å². The van der Waals surface area contributed by atoms with Gasteiger partial charge in [-0.15, -0.1) is 0 Å². The maximum Gasteiger partial charge on any atom is 0.221 e. The van der Waals surface area contributed by atoms with Crippen molar-refractivity contribution < 1.29 is 9.59 Å². The number of Topliss-reactive ketones (excluding diaryl/α,β-unsaturated/α-hetero) is 1. The Hall–Kier alpha value is -0.370. The van der Waals surface area contributed by atoms with Crippen molar-refractivity contribution in [3.8, 4) is 0 Å². The lowest BCUT2D eigenvalue weighted by Gasteiger charge is -2.50. The van der Waals surface area contributed by atoms with Crippen molar-refractivity contribution >= 4 is 22.6 Å². The van der Waals surface area contributed by atoms with Crippen molar-refractivity contribution in [2.75, 3.05) is 0 Å². The molecule has 1 aliphatic carbocycles. The summed E-state index contributed by atoms with van der Waals surface area (Å²) in [5.41, 5.74) is -0.0453. The second kappa shape index (κ2) is 3.41. The minimum atomic E-state index is -0.292. The maximum atomic E-state index is 11.2. The molecule has 0 aliphatic heterocycles. The van der Waals surface area contributed by atoms with Crippen molar-refractivity contribution in [2.24, 2.45) is 17.3 Å². The van der Waals surface area contributed by atoms with Crippen LogP contribution in [-0.4, -0.2) is 11.0 Å². The Balaban J connectivity index is 2.59. The summed E-state index contributed by atoms with van der Waals surface area (Å²) < 4.78 is 0. The van der Waals surface area contributed by atoms with Gasteiger partial charge in [0.25, 0.3) is 0 Å². The van der Waals surface area contributed by atoms with E-state index in [1.807, 2.05) is 13.8 Å². The summed E-state index contributed by atoms with van der Waals surface area (Å²) in [7, 11) is 0. The fourth-order valence-corrected chi connectivity index (χ4v) is 2.43. The van der Waals surface area contributed by atoms with Gasteiger partial charge in [-0.1, -0.05) is 13.8 Å². The van der Waals surface area contributed by atoms with Gasteiger partial charge < -0.3 is 0 Å². The average Bonchev–Trinajstić information content (AvgIpc) is 1.96. The number of hydrogen-bond acceptors (Lipinski definition) is 2. The van der Waals surface area contributed by atoms with Crippen LogP contribution in [0, 0.1) is 17.3 Å². The van der Waals surface area contributed by atoms with E-state index < -0.39 is 0 Å². The molecule has 0 saturated heterocycles. The number of ketones is 1. The van der Waals surface area contributed by atoms with Gasteiger partial charge in [0.05, 0.1) is 0 Å². The molecule has 0 N–H and O–H groups in total. The van der Waals surface area contributed by atoms with Crippen LogP contribution in [0.4, 0.5) is 0 Å². The van der Waals surface area contributed by atoms with Gasteiger partial charge in [-0.3, -0.25) is 9.59 Å². The van der Waals surface area contributed by atoms with Crippen LogP contribution in [0.5, 0.6) is 0 Å². The van der Waals surface area contributed by atoms with E-state index in [2.05, 4.69) is 0 Å². The van der Waals surface area contributed by atoms with E-state index in [0.717, 1.165) is 6.42 Å². The smallest absolute Gasteiger partial charge is 0.221 e. The fraction of sp³-hybridized carbons (Fsp3) is 0.800. The van der Waals surface area contributed by atoms with E-state index in [4.69, 9.17) is 11.6 Å². The summed E-state index contributed by atoms with van der Waals surface area (Å²) in [4.78, 5) is 21.8. The zero-order chi connectivity index (χ0) is 10.2. The molecular weight excluding hydrogens is 188 g/mol. The Kier molecular flexibility index (Phi) is 2.81. The van der Waals surface area contributed by atoms with E-state index >= 15 is 0 Å². The second-order valence-electron chi connectivity index (χ2n) is 4.48. The van der Waals surface area contributed by atoms with Gasteiger partial charge in [-0.05, 0) is 36.3 Å². The lowest BCUT2D eigenvalue weighted by Crippen LogP contribution is -2.48. The molecule has 0 spiro atoms. The molecule has 74 valence electrons. The molecule has 1 fully saturated rings. The summed E-state index contributed by atoms with van der Waals surface area (Å²) in [5.74, 6) is 0.628. The normalized spacial score (nSPS) is 30.8. The fourth-order valence-electron chi connectivity index (χ4n) is 2.25. The van der Waals surface area contributed by atoms with Crippen molar-refractivity contribution in [3.63, 3.8) is 0 Å². The third-order valence-electron chi connectivity index (χ3n) is 3.37. The van der Waals surface area contributed by atoms with Gasteiger partial charge in [0.1, 0.15) is 5.78 Å². The van der Waals surface area contributed by atoms with Gasteiger partial charge in [-0.25, -0.2) is 0 Å². The zero-order valence-electron chi connectivity index (χ0n) is 8.26. The lowest BCUT2D eigenvalue weighted by atomic mass is 9.53. The quantitative estimate of drug-likeness (QED) is 0.659. The number of halogens is 1. The molecule has 1 rings (SSSR count). The van der Waals surface area contributed by atoms with Gasteiger partial charge in [0.2, 0.25) is 5.24 Å². The molecule has 0 unspecified atom stereocenters. The Labute approximate surface area is 83.6 Å². The molecule has 0 bridgehead atoms. The highest BCUT2D eigenvalue weighted by molar-refractivity contribution is 6.63. The first-order chi connectivity index (χ1) is 5.85. The van der Waals surface area contributed by atoms with Crippen LogP contribution in [0.1, 0.15) is 33.6 Å². The third-order valence-corrected chi connectivity index (χ3v) is 3.52. The lowest BCUT2D eigenvalue weighted by molar-refractivity contribution is -0.138. The molecule has 0 aromatic rings. The number of carbonyl (C=O) groups is 2. The van der Waals surface area contributed by atoms with Crippen LogP contribution in [-0.2, 0) is 9.59 Å². The van der Waals surface area contributed by atoms with E-state index in [1.54, 1.807) is 6.92 Å². The topological polar surface area (TPSA) is 34.1 Å². The van der Waals surface area contributed by atoms with Crippen LogP contribution < -0.4 is 0 Å². The molecule has 0 heterocycles. The monoisotopic (exact) mass is 202 g/mol. The Morgan fingerprint density at radius 1 is 1.46 bits per heavy atom. The van der Waals surface area contributed by atoms with E-state index in [1.165, 1.54) is 0 Å². The Bertz CT molecular complexity index is 245. The molecule has 13 heavy (non-hydrogen) atoms. The van der Waals surface area contributed by atoms with Crippen molar-refractivity contribution in [1.29, 1.82) is 0 Å². The third kappa shape index (κ3) is 1.93. The summed E-state index contributed by atoms with van der Waals surface area (Å²) in [6.45, 7) is 5.69. The summed E-state index contributed by atoms with van der Waals surface area (Å²) in [6, 6.07) is 0. The first-order valence-electron chi connectivity index (χ1n) is 4.54. The molecule has 2 nitrogen and oxygen atoms in total. The highest BCUT2D eigenvalue weighted by Crippen LogP contribution is 2.53. The minimum absolute atomic E-state index is 0.0453. The number of carbonyl (C=O) groups excluding carboxylic acids is 2. The minimum Gasteiger partial charge on any atom is -0.300 e.